The molecule has 3 rings (SSSR count). The summed E-state index contributed by atoms with van der Waals surface area (Å²) in [6.45, 7) is 2.46. The molecule has 1 aromatic rings. The Hall–Kier alpha value is -2.28. The lowest BCUT2D eigenvalue weighted by molar-refractivity contribution is -0.147. The maximum Gasteiger partial charge on any atom is 0.311 e. The summed E-state index contributed by atoms with van der Waals surface area (Å²) >= 11 is 0. The zero-order valence-electron chi connectivity index (χ0n) is 14.7. The van der Waals surface area contributed by atoms with Crippen LogP contribution in [-0.4, -0.2) is 74.1 Å². The lowest BCUT2D eigenvalue weighted by Gasteiger charge is -2.34. The maximum absolute atomic E-state index is 12.3. The number of para-hydroxylation sites is 2. The first-order valence-electron chi connectivity index (χ1n) is 8.66. The number of carbonyl (C=O) groups excluding carboxylic acids is 2. The van der Waals surface area contributed by atoms with Crippen LogP contribution in [0.1, 0.15) is 12.8 Å². The van der Waals surface area contributed by atoms with Gasteiger partial charge in [-0.05, 0) is 45.1 Å². The van der Waals surface area contributed by atoms with E-state index < -0.39 is 11.8 Å². The zero-order valence-corrected chi connectivity index (χ0v) is 14.7. The number of ether oxygens (including phenoxy) is 2. The summed E-state index contributed by atoms with van der Waals surface area (Å²) in [5, 5.41) is 2.67. The van der Waals surface area contributed by atoms with Crippen LogP contribution in [0, 0.1) is 0 Å². The second kappa shape index (κ2) is 7.74. The number of likely N-dealkylation sites (tertiary alicyclic amines) is 1. The number of carbonyl (C=O) groups is 2. The first-order chi connectivity index (χ1) is 12.0. The average molecular weight is 347 g/mol. The Morgan fingerprint density at radius 3 is 2.64 bits per heavy atom. The monoisotopic (exact) mass is 347 g/mol. The van der Waals surface area contributed by atoms with Crippen molar-refractivity contribution in [3.05, 3.63) is 24.3 Å². The molecule has 0 aromatic heterocycles. The molecule has 0 aliphatic carbocycles. The van der Waals surface area contributed by atoms with Gasteiger partial charge in [0.25, 0.3) is 0 Å². The third kappa shape index (κ3) is 4.22. The van der Waals surface area contributed by atoms with E-state index in [1.807, 2.05) is 24.3 Å². The van der Waals surface area contributed by atoms with Gasteiger partial charge in [0.2, 0.25) is 0 Å². The van der Waals surface area contributed by atoms with Crippen molar-refractivity contribution in [3.8, 4) is 11.5 Å². The molecule has 1 saturated heterocycles. The molecule has 2 amide bonds. The molecule has 25 heavy (non-hydrogen) atoms. The molecule has 1 N–H and O–H groups in total. The lowest BCUT2D eigenvalue weighted by Crippen LogP contribution is -2.51. The first kappa shape index (κ1) is 17.5. The molecule has 1 fully saturated rings. The molecule has 7 nitrogen and oxygen atoms in total. The van der Waals surface area contributed by atoms with Crippen LogP contribution < -0.4 is 14.8 Å². The van der Waals surface area contributed by atoms with Crippen LogP contribution in [0.5, 0.6) is 11.5 Å². The van der Waals surface area contributed by atoms with Crippen LogP contribution in [-0.2, 0) is 9.59 Å². The molecule has 0 radical (unpaired) electrons. The van der Waals surface area contributed by atoms with E-state index >= 15 is 0 Å². The van der Waals surface area contributed by atoms with Crippen molar-refractivity contribution < 1.29 is 19.1 Å². The van der Waals surface area contributed by atoms with E-state index in [-0.39, 0.29) is 18.7 Å². The predicted octanol–water partition coefficient (Wildman–Crippen LogP) is 0.495. The summed E-state index contributed by atoms with van der Waals surface area (Å²) < 4.78 is 11.4. The van der Waals surface area contributed by atoms with Crippen molar-refractivity contribution in [3.63, 3.8) is 0 Å². The third-order valence-corrected chi connectivity index (χ3v) is 4.81. The van der Waals surface area contributed by atoms with Crippen LogP contribution in [0.25, 0.3) is 0 Å². The minimum Gasteiger partial charge on any atom is -0.486 e. The van der Waals surface area contributed by atoms with E-state index in [1.165, 1.54) is 0 Å². The summed E-state index contributed by atoms with van der Waals surface area (Å²) in [5.74, 6) is 0.265. The van der Waals surface area contributed by atoms with E-state index in [9.17, 15) is 9.59 Å². The second-order valence-electron chi connectivity index (χ2n) is 6.66. The van der Waals surface area contributed by atoms with E-state index in [0.717, 1.165) is 25.9 Å². The molecule has 0 bridgehead atoms. The van der Waals surface area contributed by atoms with Gasteiger partial charge in [0.05, 0.1) is 6.54 Å². The fourth-order valence-corrected chi connectivity index (χ4v) is 3.15. The molecule has 2 aliphatic rings. The average Bonchev–Trinajstić information content (AvgIpc) is 2.65. The van der Waals surface area contributed by atoms with Crippen LogP contribution >= 0.6 is 0 Å². The number of likely N-dealkylation sites (N-methyl/N-ethyl adjacent to an activating group) is 1. The molecule has 0 saturated carbocycles. The summed E-state index contributed by atoms with van der Waals surface area (Å²) in [5.41, 5.74) is 0. The molecule has 1 aromatic carbocycles. The van der Waals surface area contributed by atoms with Gasteiger partial charge < -0.3 is 24.6 Å². The molecule has 1 unspecified atom stereocenters. The van der Waals surface area contributed by atoms with Gasteiger partial charge in [-0.3, -0.25) is 9.59 Å². The van der Waals surface area contributed by atoms with E-state index in [2.05, 4.69) is 17.3 Å². The second-order valence-corrected chi connectivity index (χ2v) is 6.66. The number of benzene rings is 1. The van der Waals surface area contributed by atoms with Crippen LogP contribution in [0.3, 0.4) is 0 Å². The number of hydrogen-bond acceptors (Lipinski definition) is 5. The van der Waals surface area contributed by atoms with Gasteiger partial charge in [0.1, 0.15) is 12.7 Å². The molecular formula is C18H25N3O4. The molecule has 2 heterocycles. The Morgan fingerprint density at radius 2 is 1.92 bits per heavy atom. The number of nitrogens with one attached hydrogen (secondary N) is 1. The molecule has 0 spiro atoms. The highest BCUT2D eigenvalue weighted by Crippen LogP contribution is 2.30. The van der Waals surface area contributed by atoms with Gasteiger partial charge in [-0.2, -0.15) is 0 Å². The first-order valence-corrected chi connectivity index (χ1v) is 8.66. The van der Waals surface area contributed by atoms with Gasteiger partial charge in [-0.15, -0.1) is 0 Å². The standard InChI is InChI=1S/C18H25N3O4/c1-20-9-7-13(8-10-20)21(2)18(23)17(22)19-11-14-12-24-15-5-3-4-6-16(15)25-14/h3-6,13-14H,7-12H2,1-2H3,(H,19,22). The fraction of sp³-hybridized carbons (Fsp3) is 0.556. The van der Waals surface area contributed by atoms with Crippen molar-refractivity contribution in [1.29, 1.82) is 0 Å². The highest BCUT2D eigenvalue weighted by molar-refractivity contribution is 6.35. The van der Waals surface area contributed by atoms with Crippen LogP contribution in [0.4, 0.5) is 0 Å². The zero-order chi connectivity index (χ0) is 17.8. The number of hydrogen-bond donors (Lipinski definition) is 1. The Balaban J connectivity index is 1.47. The normalized spacial score (nSPS) is 20.8. The summed E-state index contributed by atoms with van der Waals surface area (Å²) in [6, 6.07) is 7.52. The number of piperidine rings is 1. The Bertz CT molecular complexity index is 629. The van der Waals surface area contributed by atoms with Crippen molar-refractivity contribution >= 4 is 11.8 Å². The predicted molar refractivity (Wildman–Crippen MR) is 92.7 cm³/mol. The van der Waals surface area contributed by atoms with Crippen LogP contribution in [0.2, 0.25) is 0 Å². The van der Waals surface area contributed by atoms with E-state index in [4.69, 9.17) is 9.47 Å². The van der Waals surface area contributed by atoms with Crippen LogP contribution in [0.15, 0.2) is 24.3 Å². The van der Waals surface area contributed by atoms with E-state index in [1.54, 1.807) is 11.9 Å². The quantitative estimate of drug-likeness (QED) is 0.806. The topological polar surface area (TPSA) is 71.1 Å². The largest absolute Gasteiger partial charge is 0.486 e. The van der Waals surface area contributed by atoms with E-state index in [0.29, 0.717) is 18.1 Å². The Labute approximate surface area is 147 Å². The molecule has 2 aliphatic heterocycles. The highest BCUT2D eigenvalue weighted by atomic mass is 16.6. The smallest absolute Gasteiger partial charge is 0.311 e. The van der Waals surface area contributed by atoms with Crippen molar-refractivity contribution in [2.24, 2.45) is 0 Å². The summed E-state index contributed by atoms with van der Waals surface area (Å²) in [6.07, 6.45) is 1.48. The number of rotatable bonds is 3. The lowest BCUT2D eigenvalue weighted by atomic mass is 10.0. The molecule has 136 valence electrons. The number of fused-ring (bicyclic) bond motifs is 1. The van der Waals surface area contributed by atoms with Gasteiger partial charge in [0.15, 0.2) is 11.5 Å². The summed E-state index contributed by atoms with van der Waals surface area (Å²) in [7, 11) is 3.77. The van der Waals surface area contributed by atoms with Crippen molar-refractivity contribution in [1.82, 2.24) is 15.1 Å². The minimum absolute atomic E-state index is 0.121. The highest BCUT2D eigenvalue weighted by Gasteiger charge is 2.29. The summed E-state index contributed by atoms with van der Waals surface area (Å²) in [4.78, 5) is 28.3. The maximum atomic E-state index is 12.3. The third-order valence-electron chi connectivity index (χ3n) is 4.81. The van der Waals surface area contributed by atoms with Gasteiger partial charge in [-0.1, -0.05) is 12.1 Å². The van der Waals surface area contributed by atoms with Gasteiger partial charge in [0, 0.05) is 13.1 Å². The fourth-order valence-electron chi connectivity index (χ4n) is 3.15. The molecule has 1 atom stereocenters. The minimum atomic E-state index is -0.594. The Kier molecular flexibility index (Phi) is 5.43. The van der Waals surface area contributed by atoms with Crippen molar-refractivity contribution in [2.75, 3.05) is 40.3 Å². The van der Waals surface area contributed by atoms with Gasteiger partial charge in [-0.25, -0.2) is 0 Å². The molecule has 7 heteroatoms. The van der Waals surface area contributed by atoms with Gasteiger partial charge >= 0.3 is 11.8 Å². The molecular weight excluding hydrogens is 322 g/mol. The Morgan fingerprint density at radius 1 is 1.24 bits per heavy atom. The SMILES string of the molecule is CN1CCC(N(C)C(=O)C(=O)NCC2COc3ccccc3O2)CC1. The number of nitrogens with zero attached hydrogens (tertiary/aromatic N) is 2. The number of amides is 2. The van der Waals surface area contributed by atoms with Crippen molar-refractivity contribution in [2.45, 2.75) is 25.0 Å².